The minimum Gasteiger partial charge on any atom is -0.428 e. The second-order valence-electron chi connectivity index (χ2n) is 7.19. The van der Waals surface area contributed by atoms with Gasteiger partial charge in [0.15, 0.2) is 0 Å². The number of benzene rings is 2. The molecule has 140 valence electrons. The standard InChI is InChI=1S/C11H14O3.C10H13NS/c1-11(2,3)14-10(12)13-9-7-5-4-6-8-9;1-8-2-6-10(7-3-8)12-11-9-4-5-9/h4-8H,1-3H3;2-3,6-7,9,11H,4-5H2,1H3. The fraction of sp³-hybridized carbons (Fsp3) is 0.381. The number of para-hydroxylation sites is 1. The van der Waals surface area contributed by atoms with E-state index in [-0.39, 0.29) is 0 Å². The van der Waals surface area contributed by atoms with Gasteiger partial charge < -0.3 is 9.47 Å². The highest BCUT2D eigenvalue weighted by atomic mass is 32.2. The van der Waals surface area contributed by atoms with Crippen molar-refractivity contribution in [3.63, 3.8) is 0 Å². The average Bonchev–Trinajstić information content (AvgIpc) is 3.38. The third-order valence-electron chi connectivity index (χ3n) is 3.28. The minimum atomic E-state index is -0.677. The zero-order valence-corrected chi connectivity index (χ0v) is 16.6. The van der Waals surface area contributed by atoms with E-state index in [1.165, 1.54) is 23.3 Å². The van der Waals surface area contributed by atoms with Gasteiger partial charge in [-0.25, -0.2) is 4.79 Å². The van der Waals surface area contributed by atoms with Crippen molar-refractivity contribution in [1.29, 1.82) is 0 Å². The number of hydrogen-bond donors (Lipinski definition) is 1. The first kappa shape index (κ1) is 20.3. The molecular weight excluding hydrogens is 346 g/mol. The largest absolute Gasteiger partial charge is 0.514 e. The molecule has 0 aliphatic heterocycles. The van der Waals surface area contributed by atoms with Gasteiger partial charge in [0.25, 0.3) is 0 Å². The molecule has 1 fully saturated rings. The second kappa shape index (κ2) is 9.64. The Balaban J connectivity index is 0.000000189. The van der Waals surface area contributed by atoms with Gasteiger partial charge in [0.05, 0.1) is 0 Å². The normalized spacial score (nSPS) is 13.4. The topological polar surface area (TPSA) is 47.6 Å². The molecular formula is C21H27NO3S. The Morgan fingerprint density at radius 1 is 1.04 bits per heavy atom. The maximum absolute atomic E-state index is 11.2. The summed E-state index contributed by atoms with van der Waals surface area (Å²) in [4.78, 5) is 12.5. The van der Waals surface area contributed by atoms with E-state index in [1.807, 2.05) is 6.07 Å². The molecule has 2 aromatic carbocycles. The van der Waals surface area contributed by atoms with Crippen LogP contribution in [0.4, 0.5) is 4.79 Å². The first-order valence-electron chi connectivity index (χ1n) is 8.77. The van der Waals surface area contributed by atoms with E-state index in [9.17, 15) is 4.79 Å². The Hall–Kier alpha value is -1.98. The lowest BCUT2D eigenvalue weighted by molar-refractivity contribution is 0.0206. The molecule has 3 rings (SSSR count). The van der Waals surface area contributed by atoms with Crippen LogP contribution in [0.1, 0.15) is 39.2 Å². The number of rotatable bonds is 4. The molecule has 1 N–H and O–H groups in total. The molecule has 4 nitrogen and oxygen atoms in total. The predicted octanol–water partition coefficient (Wildman–Crippen LogP) is 5.75. The molecule has 0 radical (unpaired) electrons. The molecule has 1 aliphatic carbocycles. The van der Waals surface area contributed by atoms with Crippen LogP contribution in [0.5, 0.6) is 5.75 Å². The first-order valence-corrected chi connectivity index (χ1v) is 9.58. The van der Waals surface area contributed by atoms with Gasteiger partial charge in [-0.15, -0.1) is 0 Å². The van der Waals surface area contributed by atoms with Crippen molar-refractivity contribution in [2.75, 3.05) is 0 Å². The average molecular weight is 374 g/mol. The van der Waals surface area contributed by atoms with Crippen molar-refractivity contribution in [2.45, 2.75) is 57.1 Å². The van der Waals surface area contributed by atoms with Crippen LogP contribution in [-0.4, -0.2) is 17.8 Å². The molecule has 0 heterocycles. The van der Waals surface area contributed by atoms with Crippen molar-refractivity contribution >= 4 is 18.1 Å². The van der Waals surface area contributed by atoms with Crippen molar-refractivity contribution < 1.29 is 14.3 Å². The van der Waals surface area contributed by atoms with Gasteiger partial charge in [-0.2, -0.15) is 0 Å². The Labute approximate surface area is 160 Å². The van der Waals surface area contributed by atoms with Crippen molar-refractivity contribution in [3.8, 4) is 5.75 Å². The summed E-state index contributed by atoms with van der Waals surface area (Å²) in [6.07, 6.45) is 2.02. The van der Waals surface area contributed by atoms with E-state index in [0.29, 0.717) is 5.75 Å². The molecule has 0 amide bonds. The second-order valence-corrected chi connectivity index (χ2v) is 8.10. The molecule has 5 heteroatoms. The fourth-order valence-corrected chi connectivity index (χ4v) is 2.63. The van der Waals surface area contributed by atoms with Crippen LogP contribution < -0.4 is 9.46 Å². The number of hydrogen-bond acceptors (Lipinski definition) is 5. The number of nitrogens with one attached hydrogen (secondary N) is 1. The van der Waals surface area contributed by atoms with Gasteiger partial charge in [-0.1, -0.05) is 35.9 Å². The van der Waals surface area contributed by atoms with Crippen LogP contribution in [0.2, 0.25) is 0 Å². The van der Waals surface area contributed by atoms with Gasteiger partial charge in [-0.3, -0.25) is 4.72 Å². The molecule has 0 aromatic heterocycles. The summed E-state index contributed by atoms with van der Waals surface area (Å²) in [7, 11) is 0. The van der Waals surface area contributed by atoms with Crippen molar-refractivity contribution in [2.24, 2.45) is 0 Å². The molecule has 1 aliphatic rings. The van der Waals surface area contributed by atoms with E-state index in [2.05, 4.69) is 35.9 Å². The number of carbonyl (C=O) groups is 1. The number of ether oxygens (including phenoxy) is 2. The molecule has 1 saturated carbocycles. The maximum Gasteiger partial charge on any atom is 0.514 e. The summed E-state index contributed by atoms with van der Waals surface area (Å²) in [5.74, 6) is 0.488. The Bertz CT molecular complexity index is 677. The summed E-state index contributed by atoms with van der Waals surface area (Å²) >= 11 is 1.75. The summed E-state index contributed by atoms with van der Waals surface area (Å²) in [6, 6.07) is 18.2. The lowest BCUT2D eigenvalue weighted by Crippen LogP contribution is -2.25. The highest BCUT2D eigenvalue weighted by Gasteiger charge is 2.20. The SMILES string of the molecule is CC(C)(C)OC(=O)Oc1ccccc1.Cc1ccc(SNC2CC2)cc1. The fourth-order valence-electron chi connectivity index (χ4n) is 1.81. The van der Waals surface area contributed by atoms with E-state index in [4.69, 9.17) is 9.47 Å². The smallest absolute Gasteiger partial charge is 0.428 e. The lowest BCUT2D eigenvalue weighted by Gasteiger charge is -2.18. The van der Waals surface area contributed by atoms with Crippen LogP contribution >= 0.6 is 11.9 Å². The molecule has 0 atom stereocenters. The zero-order valence-electron chi connectivity index (χ0n) is 15.8. The Morgan fingerprint density at radius 3 is 2.19 bits per heavy atom. The van der Waals surface area contributed by atoms with E-state index >= 15 is 0 Å². The minimum absolute atomic E-state index is 0.488. The van der Waals surface area contributed by atoms with Gasteiger partial charge in [-0.05, 0) is 76.7 Å². The molecule has 0 bridgehead atoms. The summed E-state index contributed by atoms with van der Waals surface area (Å²) in [5.41, 5.74) is 0.803. The van der Waals surface area contributed by atoms with E-state index < -0.39 is 11.8 Å². The molecule has 2 aromatic rings. The van der Waals surface area contributed by atoms with Crippen LogP contribution in [0.15, 0.2) is 59.5 Å². The van der Waals surface area contributed by atoms with Crippen LogP contribution in [0, 0.1) is 6.92 Å². The number of aryl methyl sites for hydroxylation is 1. The molecule has 26 heavy (non-hydrogen) atoms. The van der Waals surface area contributed by atoms with Crippen molar-refractivity contribution in [1.82, 2.24) is 4.72 Å². The number of carbonyl (C=O) groups excluding carboxylic acids is 1. The van der Waals surface area contributed by atoms with Crippen LogP contribution in [0.3, 0.4) is 0 Å². The highest BCUT2D eigenvalue weighted by molar-refractivity contribution is 7.97. The third kappa shape index (κ3) is 8.92. The molecule has 0 saturated heterocycles. The zero-order chi connectivity index (χ0) is 19.0. The molecule has 0 unspecified atom stereocenters. The van der Waals surface area contributed by atoms with Crippen LogP contribution in [0.25, 0.3) is 0 Å². The first-order chi connectivity index (χ1) is 12.3. The van der Waals surface area contributed by atoms with Gasteiger partial charge in [0.1, 0.15) is 11.4 Å². The summed E-state index contributed by atoms with van der Waals surface area (Å²) < 4.78 is 13.3. The quantitative estimate of drug-likeness (QED) is 0.420. The maximum atomic E-state index is 11.2. The monoisotopic (exact) mass is 373 g/mol. The molecule has 0 spiro atoms. The summed E-state index contributed by atoms with van der Waals surface area (Å²) in [6.45, 7) is 7.49. The lowest BCUT2D eigenvalue weighted by atomic mass is 10.2. The Morgan fingerprint density at radius 2 is 1.65 bits per heavy atom. The highest BCUT2D eigenvalue weighted by Crippen LogP contribution is 2.25. The van der Waals surface area contributed by atoms with Gasteiger partial charge in [0.2, 0.25) is 0 Å². The van der Waals surface area contributed by atoms with Gasteiger partial charge in [0, 0.05) is 10.9 Å². The Kier molecular flexibility index (Phi) is 7.54. The van der Waals surface area contributed by atoms with Crippen molar-refractivity contribution in [3.05, 3.63) is 60.2 Å². The third-order valence-corrected chi connectivity index (χ3v) is 4.23. The predicted molar refractivity (Wildman–Crippen MR) is 106 cm³/mol. The van der Waals surface area contributed by atoms with E-state index in [1.54, 1.807) is 57.0 Å². The van der Waals surface area contributed by atoms with Crippen LogP contribution in [-0.2, 0) is 4.74 Å². The van der Waals surface area contributed by atoms with E-state index in [0.717, 1.165) is 6.04 Å². The van der Waals surface area contributed by atoms with Gasteiger partial charge >= 0.3 is 6.16 Å². The summed E-state index contributed by atoms with van der Waals surface area (Å²) in [5, 5.41) is 0.